The minimum absolute atomic E-state index is 0.574. The van der Waals surface area contributed by atoms with Gasteiger partial charge in [0.25, 0.3) is 0 Å². The molecule has 1 aromatic rings. The summed E-state index contributed by atoms with van der Waals surface area (Å²) < 4.78 is 0. The van der Waals surface area contributed by atoms with Crippen molar-refractivity contribution in [3.63, 3.8) is 0 Å². The Morgan fingerprint density at radius 2 is 2.00 bits per heavy atom. The van der Waals surface area contributed by atoms with Gasteiger partial charge in [-0.2, -0.15) is 5.26 Å². The first-order valence-corrected chi connectivity index (χ1v) is 4.90. The summed E-state index contributed by atoms with van der Waals surface area (Å²) in [5, 5.41) is 9.18. The molecule has 0 fully saturated rings. The third-order valence-corrected chi connectivity index (χ3v) is 2.22. The molecule has 3 heteroatoms. The normalized spacial score (nSPS) is 10.1. The molecule has 0 aromatic heterocycles. The summed E-state index contributed by atoms with van der Waals surface area (Å²) in [5.74, 6) is 0. The van der Waals surface area contributed by atoms with E-state index in [1.165, 1.54) is 5.56 Å². The Kier molecular flexibility index (Phi) is 4.45. The minimum Gasteiger partial charge on any atom is -0.301 e. The quantitative estimate of drug-likeness (QED) is 0.761. The fourth-order valence-corrected chi connectivity index (χ4v) is 1.35. The van der Waals surface area contributed by atoms with E-state index >= 15 is 0 Å². The fraction of sp³-hybridized carbons (Fsp3) is 0.364. The molecule has 0 saturated carbocycles. The Labute approximate surface area is 89.7 Å². The second-order valence-electron chi connectivity index (χ2n) is 3.27. The molecule has 0 aliphatic carbocycles. The van der Waals surface area contributed by atoms with Crippen LogP contribution in [0.3, 0.4) is 0 Å². The number of benzene rings is 1. The van der Waals surface area contributed by atoms with E-state index in [0.29, 0.717) is 6.42 Å². The zero-order valence-corrected chi connectivity index (χ0v) is 8.96. The van der Waals surface area contributed by atoms with Crippen LogP contribution in [0.25, 0.3) is 0 Å². The van der Waals surface area contributed by atoms with Crippen molar-refractivity contribution in [1.82, 2.24) is 4.90 Å². The number of hydrogen-bond acceptors (Lipinski definition) is 2. The first-order chi connectivity index (χ1) is 6.72. The summed E-state index contributed by atoms with van der Waals surface area (Å²) in [6.45, 7) is 1.66. The van der Waals surface area contributed by atoms with Gasteiger partial charge < -0.3 is 4.90 Å². The Morgan fingerprint density at radius 3 is 2.57 bits per heavy atom. The highest BCUT2D eigenvalue weighted by Gasteiger charge is 1.99. The van der Waals surface area contributed by atoms with Gasteiger partial charge in [0.05, 0.1) is 6.07 Å². The molecule has 1 aromatic carbocycles. The molecular formula is C11H13ClN2. The highest BCUT2D eigenvalue weighted by Crippen LogP contribution is 2.10. The summed E-state index contributed by atoms with van der Waals surface area (Å²) in [5.41, 5.74) is 1.22. The third kappa shape index (κ3) is 3.78. The van der Waals surface area contributed by atoms with Crippen molar-refractivity contribution in [1.29, 1.82) is 5.26 Å². The van der Waals surface area contributed by atoms with Crippen LogP contribution in [-0.4, -0.2) is 18.5 Å². The highest BCUT2D eigenvalue weighted by molar-refractivity contribution is 6.30. The van der Waals surface area contributed by atoms with E-state index in [0.717, 1.165) is 18.1 Å². The van der Waals surface area contributed by atoms with Crippen molar-refractivity contribution in [2.24, 2.45) is 0 Å². The zero-order chi connectivity index (χ0) is 10.4. The van der Waals surface area contributed by atoms with Gasteiger partial charge in [0, 0.05) is 24.5 Å². The Morgan fingerprint density at radius 1 is 1.36 bits per heavy atom. The second kappa shape index (κ2) is 5.64. The van der Waals surface area contributed by atoms with Gasteiger partial charge >= 0.3 is 0 Å². The maximum atomic E-state index is 8.42. The summed E-state index contributed by atoms with van der Waals surface area (Å²) in [4.78, 5) is 2.12. The van der Waals surface area contributed by atoms with Crippen LogP contribution in [-0.2, 0) is 6.54 Å². The number of nitriles is 1. The predicted octanol–water partition coefficient (Wildman–Crippen LogP) is 2.69. The zero-order valence-electron chi connectivity index (χ0n) is 8.20. The topological polar surface area (TPSA) is 27.0 Å². The molecule has 0 bridgehead atoms. The first-order valence-electron chi connectivity index (χ1n) is 4.52. The number of hydrogen-bond donors (Lipinski definition) is 0. The molecule has 0 aliphatic rings. The van der Waals surface area contributed by atoms with Crippen LogP contribution < -0.4 is 0 Å². The lowest BCUT2D eigenvalue weighted by atomic mass is 10.2. The van der Waals surface area contributed by atoms with Gasteiger partial charge in [-0.25, -0.2) is 0 Å². The molecular weight excluding hydrogens is 196 g/mol. The molecule has 0 N–H and O–H groups in total. The number of rotatable bonds is 4. The van der Waals surface area contributed by atoms with Crippen molar-refractivity contribution in [2.75, 3.05) is 13.6 Å². The van der Waals surface area contributed by atoms with Crippen LogP contribution in [0, 0.1) is 11.3 Å². The van der Waals surface area contributed by atoms with Gasteiger partial charge in [-0.3, -0.25) is 0 Å². The Hall–Kier alpha value is -1.04. The SMILES string of the molecule is CN(CCC#N)Cc1ccc(Cl)cc1. The van der Waals surface area contributed by atoms with E-state index in [4.69, 9.17) is 16.9 Å². The van der Waals surface area contributed by atoms with Crippen LogP contribution in [0.5, 0.6) is 0 Å². The molecule has 0 aliphatic heterocycles. The number of halogens is 1. The molecule has 0 spiro atoms. The molecule has 0 radical (unpaired) electrons. The molecule has 0 heterocycles. The van der Waals surface area contributed by atoms with Gasteiger partial charge in [0.2, 0.25) is 0 Å². The summed E-state index contributed by atoms with van der Waals surface area (Å²) in [7, 11) is 2.01. The molecule has 1 rings (SSSR count). The molecule has 0 saturated heterocycles. The van der Waals surface area contributed by atoms with Crippen LogP contribution >= 0.6 is 11.6 Å². The van der Waals surface area contributed by atoms with Crippen molar-refractivity contribution in [2.45, 2.75) is 13.0 Å². The monoisotopic (exact) mass is 208 g/mol. The predicted molar refractivity (Wildman–Crippen MR) is 58.0 cm³/mol. The van der Waals surface area contributed by atoms with Crippen LogP contribution in [0.1, 0.15) is 12.0 Å². The van der Waals surface area contributed by atoms with E-state index < -0.39 is 0 Å². The van der Waals surface area contributed by atoms with Crippen LogP contribution in [0.15, 0.2) is 24.3 Å². The molecule has 0 unspecified atom stereocenters. The standard InChI is InChI=1S/C11H13ClN2/c1-14(8-2-7-13)9-10-3-5-11(12)6-4-10/h3-6H,2,8-9H2,1H3. The molecule has 0 atom stereocenters. The molecule has 0 amide bonds. The van der Waals surface area contributed by atoms with Crippen molar-refractivity contribution >= 4 is 11.6 Å². The Balaban J connectivity index is 2.44. The molecule has 14 heavy (non-hydrogen) atoms. The highest BCUT2D eigenvalue weighted by atomic mass is 35.5. The number of nitrogens with zero attached hydrogens (tertiary/aromatic N) is 2. The van der Waals surface area contributed by atoms with E-state index in [1.807, 2.05) is 31.3 Å². The van der Waals surface area contributed by atoms with Gasteiger partial charge in [-0.05, 0) is 24.7 Å². The summed E-state index contributed by atoms with van der Waals surface area (Å²) in [6, 6.07) is 9.91. The average molecular weight is 209 g/mol. The lowest BCUT2D eigenvalue weighted by Gasteiger charge is -2.14. The van der Waals surface area contributed by atoms with Crippen molar-refractivity contribution in [3.8, 4) is 6.07 Å². The van der Waals surface area contributed by atoms with Gasteiger partial charge in [-0.1, -0.05) is 23.7 Å². The maximum absolute atomic E-state index is 8.42. The van der Waals surface area contributed by atoms with Gasteiger partial charge in [0.15, 0.2) is 0 Å². The lowest BCUT2D eigenvalue weighted by Crippen LogP contribution is -2.18. The smallest absolute Gasteiger partial charge is 0.0635 e. The maximum Gasteiger partial charge on any atom is 0.0635 e. The van der Waals surface area contributed by atoms with Crippen LogP contribution in [0.4, 0.5) is 0 Å². The van der Waals surface area contributed by atoms with E-state index in [-0.39, 0.29) is 0 Å². The van der Waals surface area contributed by atoms with Crippen molar-refractivity contribution < 1.29 is 0 Å². The van der Waals surface area contributed by atoms with Gasteiger partial charge in [-0.15, -0.1) is 0 Å². The fourth-order valence-electron chi connectivity index (χ4n) is 1.22. The molecule has 74 valence electrons. The minimum atomic E-state index is 0.574. The van der Waals surface area contributed by atoms with Crippen molar-refractivity contribution in [3.05, 3.63) is 34.9 Å². The third-order valence-electron chi connectivity index (χ3n) is 1.97. The summed E-state index contributed by atoms with van der Waals surface area (Å²) in [6.07, 6.45) is 0.574. The van der Waals surface area contributed by atoms with Gasteiger partial charge in [0.1, 0.15) is 0 Å². The Bertz CT molecular complexity index is 313. The van der Waals surface area contributed by atoms with E-state index in [9.17, 15) is 0 Å². The van der Waals surface area contributed by atoms with Crippen LogP contribution in [0.2, 0.25) is 5.02 Å². The second-order valence-corrected chi connectivity index (χ2v) is 3.71. The molecule has 2 nitrogen and oxygen atoms in total. The lowest BCUT2D eigenvalue weighted by molar-refractivity contribution is 0.335. The largest absolute Gasteiger partial charge is 0.301 e. The van der Waals surface area contributed by atoms with E-state index in [1.54, 1.807) is 0 Å². The first kappa shape index (κ1) is 11.0. The van der Waals surface area contributed by atoms with E-state index in [2.05, 4.69) is 11.0 Å². The average Bonchev–Trinajstić information content (AvgIpc) is 2.18. The summed E-state index contributed by atoms with van der Waals surface area (Å²) >= 11 is 5.78.